The molecule has 142 valence electrons. The van der Waals surface area contributed by atoms with Gasteiger partial charge in [-0.15, -0.1) is 0 Å². The summed E-state index contributed by atoms with van der Waals surface area (Å²) < 4.78 is 20.8. The molecular formula is C13H24O11. The van der Waals surface area contributed by atoms with Crippen molar-refractivity contribution in [3.05, 3.63) is 0 Å². The summed E-state index contributed by atoms with van der Waals surface area (Å²) in [5.74, 6) is 0. The smallest absolute Gasteiger partial charge is 0.187 e. The van der Waals surface area contributed by atoms with Crippen LogP contribution in [0.3, 0.4) is 0 Å². The summed E-state index contributed by atoms with van der Waals surface area (Å²) >= 11 is 0. The maximum Gasteiger partial charge on any atom is 0.187 e. The van der Waals surface area contributed by atoms with Gasteiger partial charge in [-0.1, -0.05) is 0 Å². The van der Waals surface area contributed by atoms with Gasteiger partial charge in [0.15, 0.2) is 12.6 Å². The second-order valence-corrected chi connectivity index (χ2v) is 5.74. The van der Waals surface area contributed by atoms with Crippen molar-refractivity contribution >= 4 is 0 Å². The van der Waals surface area contributed by atoms with E-state index in [-0.39, 0.29) is 0 Å². The van der Waals surface area contributed by atoms with Crippen LogP contribution in [0.15, 0.2) is 0 Å². The van der Waals surface area contributed by atoms with Gasteiger partial charge in [-0.25, -0.2) is 0 Å². The molecule has 7 N–H and O–H groups in total. The van der Waals surface area contributed by atoms with E-state index in [4.69, 9.17) is 29.2 Å². The van der Waals surface area contributed by atoms with Gasteiger partial charge in [0.05, 0.1) is 13.2 Å². The summed E-state index contributed by atoms with van der Waals surface area (Å²) in [4.78, 5) is 0. The molecule has 2 heterocycles. The largest absolute Gasteiger partial charge is 0.394 e. The highest BCUT2D eigenvalue weighted by Crippen LogP contribution is 2.29. The van der Waals surface area contributed by atoms with E-state index in [0.29, 0.717) is 0 Å². The van der Waals surface area contributed by atoms with Crippen LogP contribution in [0.4, 0.5) is 0 Å². The van der Waals surface area contributed by atoms with Gasteiger partial charge in [0, 0.05) is 7.11 Å². The van der Waals surface area contributed by atoms with Gasteiger partial charge in [0.1, 0.15) is 48.8 Å². The fourth-order valence-electron chi connectivity index (χ4n) is 2.73. The van der Waals surface area contributed by atoms with Gasteiger partial charge in [0.25, 0.3) is 0 Å². The molecule has 11 heteroatoms. The van der Waals surface area contributed by atoms with E-state index < -0.39 is 74.6 Å². The highest BCUT2D eigenvalue weighted by atomic mass is 16.8. The number of methoxy groups -OCH3 is 1. The van der Waals surface area contributed by atoms with Crippen molar-refractivity contribution < 1.29 is 54.7 Å². The first-order valence-electron chi connectivity index (χ1n) is 7.46. The average molecular weight is 356 g/mol. The quantitative estimate of drug-likeness (QED) is 0.251. The first kappa shape index (κ1) is 19.9. The summed E-state index contributed by atoms with van der Waals surface area (Å²) in [6, 6.07) is 0. The van der Waals surface area contributed by atoms with Gasteiger partial charge in [-0.05, 0) is 0 Å². The van der Waals surface area contributed by atoms with Crippen LogP contribution in [0.25, 0.3) is 0 Å². The molecule has 0 aromatic rings. The Labute approximate surface area is 137 Å². The van der Waals surface area contributed by atoms with Crippen molar-refractivity contribution in [1.29, 1.82) is 0 Å². The molecule has 0 unspecified atom stereocenters. The summed E-state index contributed by atoms with van der Waals surface area (Å²) in [5.41, 5.74) is 0. The predicted octanol–water partition coefficient (Wildman–Crippen LogP) is -4.74. The molecule has 11 nitrogen and oxygen atoms in total. The maximum atomic E-state index is 10.2. The molecule has 0 amide bonds. The summed E-state index contributed by atoms with van der Waals surface area (Å²) in [7, 11) is 1.24. The molecule has 0 saturated carbocycles. The van der Waals surface area contributed by atoms with Crippen LogP contribution in [0.5, 0.6) is 0 Å². The van der Waals surface area contributed by atoms with Crippen molar-refractivity contribution in [2.75, 3.05) is 20.3 Å². The van der Waals surface area contributed by atoms with E-state index in [9.17, 15) is 25.5 Å². The minimum Gasteiger partial charge on any atom is -0.394 e. The second kappa shape index (κ2) is 8.29. The summed E-state index contributed by atoms with van der Waals surface area (Å²) in [6.07, 6.45) is -14.3. The van der Waals surface area contributed by atoms with Crippen molar-refractivity contribution in [2.24, 2.45) is 0 Å². The van der Waals surface area contributed by atoms with Crippen molar-refractivity contribution in [3.63, 3.8) is 0 Å². The third-order valence-corrected chi connectivity index (χ3v) is 4.20. The monoisotopic (exact) mass is 356 g/mol. The standard InChI is InChI=1S/C13H24O11/c1-21-13-11(9(19)7(17)5(3-15)23-13)24-12-10(20)8(18)6(16)4(2-14)22-12/h4-20H,2-3H2,1H3/t4-,5+,6+,7+,8+,9-,10+,11+,12+,13+/m1/s1. The van der Waals surface area contributed by atoms with Crippen LogP contribution >= 0.6 is 0 Å². The lowest BCUT2D eigenvalue weighted by Crippen LogP contribution is -2.64. The number of aliphatic hydroxyl groups excluding tert-OH is 7. The molecule has 2 aliphatic rings. The van der Waals surface area contributed by atoms with Gasteiger partial charge in [-0.2, -0.15) is 0 Å². The zero-order valence-electron chi connectivity index (χ0n) is 13.0. The van der Waals surface area contributed by atoms with E-state index >= 15 is 0 Å². The van der Waals surface area contributed by atoms with Gasteiger partial charge >= 0.3 is 0 Å². The second-order valence-electron chi connectivity index (χ2n) is 5.74. The normalized spacial score (nSPS) is 50.0. The fraction of sp³-hybridized carbons (Fsp3) is 1.00. The molecule has 2 saturated heterocycles. The first-order valence-corrected chi connectivity index (χ1v) is 7.46. The molecule has 24 heavy (non-hydrogen) atoms. The van der Waals surface area contributed by atoms with Gasteiger partial charge in [0.2, 0.25) is 0 Å². The molecule has 0 spiro atoms. The molecule has 2 rings (SSSR count). The van der Waals surface area contributed by atoms with Crippen LogP contribution in [0.1, 0.15) is 0 Å². The molecule has 0 aromatic heterocycles. The zero-order valence-corrected chi connectivity index (χ0v) is 13.0. The van der Waals surface area contributed by atoms with Crippen molar-refractivity contribution in [2.45, 2.75) is 61.4 Å². The Balaban J connectivity index is 2.12. The Morgan fingerprint density at radius 1 is 0.708 bits per heavy atom. The minimum atomic E-state index is -1.68. The molecule has 0 radical (unpaired) electrons. The molecule has 0 bridgehead atoms. The van der Waals surface area contributed by atoms with Crippen LogP contribution < -0.4 is 0 Å². The Morgan fingerprint density at radius 3 is 1.71 bits per heavy atom. The molecule has 2 aliphatic heterocycles. The van der Waals surface area contributed by atoms with Crippen molar-refractivity contribution in [3.8, 4) is 0 Å². The maximum absolute atomic E-state index is 10.2. The number of hydrogen-bond donors (Lipinski definition) is 7. The number of rotatable bonds is 5. The third-order valence-electron chi connectivity index (χ3n) is 4.20. The lowest BCUT2D eigenvalue weighted by atomic mass is 9.97. The lowest BCUT2D eigenvalue weighted by molar-refractivity contribution is -0.364. The van der Waals surface area contributed by atoms with Gasteiger partial charge in [-0.3, -0.25) is 0 Å². The highest BCUT2D eigenvalue weighted by Gasteiger charge is 2.50. The predicted molar refractivity (Wildman–Crippen MR) is 73.4 cm³/mol. The summed E-state index contributed by atoms with van der Waals surface area (Å²) in [5, 5.41) is 67.8. The van der Waals surface area contributed by atoms with E-state index in [1.165, 1.54) is 7.11 Å². The van der Waals surface area contributed by atoms with Crippen molar-refractivity contribution in [1.82, 2.24) is 0 Å². The SMILES string of the molecule is CO[C@H]1O[C@@H](CO)[C@H](O)[C@@H](O)[C@@H]1O[C@@H]1O[C@H](CO)[C@H](O)[C@H](O)[C@@H]1O. The lowest BCUT2D eigenvalue weighted by Gasteiger charge is -2.45. The van der Waals surface area contributed by atoms with E-state index in [0.717, 1.165) is 0 Å². The average Bonchev–Trinajstić information content (AvgIpc) is 2.59. The third kappa shape index (κ3) is 3.71. The number of ether oxygens (including phenoxy) is 4. The van der Waals surface area contributed by atoms with E-state index in [1.54, 1.807) is 0 Å². The Bertz CT molecular complexity index is 392. The van der Waals surface area contributed by atoms with Crippen LogP contribution in [0, 0.1) is 0 Å². The van der Waals surface area contributed by atoms with E-state index in [1.807, 2.05) is 0 Å². The molecule has 2 fully saturated rings. The van der Waals surface area contributed by atoms with Crippen LogP contribution in [-0.2, 0) is 18.9 Å². The first-order chi connectivity index (χ1) is 11.3. The minimum absolute atomic E-state index is 0.565. The molecule has 0 aromatic carbocycles. The number of aliphatic hydroxyl groups is 7. The number of hydrogen-bond acceptors (Lipinski definition) is 11. The topological polar surface area (TPSA) is 179 Å². The van der Waals surface area contributed by atoms with Gasteiger partial charge < -0.3 is 54.7 Å². The zero-order chi connectivity index (χ0) is 18.0. The van der Waals surface area contributed by atoms with Crippen LogP contribution in [0.2, 0.25) is 0 Å². The Morgan fingerprint density at radius 2 is 1.21 bits per heavy atom. The molecular weight excluding hydrogens is 332 g/mol. The summed E-state index contributed by atoms with van der Waals surface area (Å²) in [6.45, 7) is -1.21. The molecule has 0 aliphatic carbocycles. The van der Waals surface area contributed by atoms with Crippen LogP contribution in [-0.4, -0.2) is 117 Å². The highest BCUT2D eigenvalue weighted by molar-refractivity contribution is 4.93. The Hall–Kier alpha value is -0.440. The van der Waals surface area contributed by atoms with E-state index in [2.05, 4.69) is 0 Å². The Kier molecular flexibility index (Phi) is 6.87. The molecule has 10 atom stereocenters. The fourth-order valence-corrected chi connectivity index (χ4v) is 2.73.